The smallest absolute Gasteiger partial charge is 0.356 e. The van der Waals surface area contributed by atoms with Crippen LogP contribution in [0.5, 0.6) is 5.75 Å². The summed E-state index contributed by atoms with van der Waals surface area (Å²) in [6.45, 7) is 0. The first-order valence-electron chi connectivity index (χ1n) is 4.64. The quantitative estimate of drug-likeness (QED) is 0.750. The van der Waals surface area contributed by atoms with Crippen LogP contribution in [0.4, 0.5) is 0 Å². The third-order valence-corrected chi connectivity index (χ3v) is 2.15. The van der Waals surface area contributed by atoms with Gasteiger partial charge in [0.15, 0.2) is 0 Å². The number of rotatable bonds is 2. The number of aromatic nitrogens is 2. The SMILES string of the molecule is COC(=O)c1cc(-c2ccc(O)cc2)n[nH]1. The maximum Gasteiger partial charge on any atom is 0.356 e. The van der Waals surface area contributed by atoms with Gasteiger partial charge >= 0.3 is 5.97 Å². The number of hydrogen-bond donors (Lipinski definition) is 2. The van der Waals surface area contributed by atoms with Crippen LogP contribution in [0.3, 0.4) is 0 Å². The molecule has 0 aliphatic carbocycles. The Hall–Kier alpha value is -2.30. The summed E-state index contributed by atoms with van der Waals surface area (Å²) in [7, 11) is 1.31. The second-order valence-electron chi connectivity index (χ2n) is 3.21. The highest BCUT2D eigenvalue weighted by atomic mass is 16.5. The zero-order valence-electron chi connectivity index (χ0n) is 8.60. The van der Waals surface area contributed by atoms with E-state index in [-0.39, 0.29) is 5.75 Å². The Labute approximate surface area is 91.7 Å². The first kappa shape index (κ1) is 10.2. The molecule has 1 aromatic carbocycles. The third-order valence-electron chi connectivity index (χ3n) is 2.15. The van der Waals surface area contributed by atoms with Gasteiger partial charge in [-0.2, -0.15) is 5.10 Å². The topological polar surface area (TPSA) is 75.2 Å². The zero-order valence-corrected chi connectivity index (χ0v) is 8.60. The fourth-order valence-electron chi connectivity index (χ4n) is 1.32. The molecule has 0 saturated carbocycles. The molecule has 5 heteroatoms. The van der Waals surface area contributed by atoms with E-state index >= 15 is 0 Å². The molecule has 0 amide bonds. The van der Waals surface area contributed by atoms with Gasteiger partial charge in [-0.25, -0.2) is 4.79 Å². The van der Waals surface area contributed by atoms with Crippen molar-refractivity contribution in [3.63, 3.8) is 0 Å². The molecule has 0 spiro atoms. The second-order valence-corrected chi connectivity index (χ2v) is 3.21. The molecule has 0 unspecified atom stereocenters. The van der Waals surface area contributed by atoms with E-state index in [1.165, 1.54) is 7.11 Å². The minimum absolute atomic E-state index is 0.187. The van der Waals surface area contributed by atoms with E-state index in [2.05, 4.69) is 14.9 Å². The van der Waals surface area contributed by atoms with Crippen molar-refractivity contribution in [2.45, 2.75) is 0 Å². The summed E-state index contributed by atoms with van der Waals surface area (Å²) in [6.07, 6.45) is 0. The molecule has 0 saturated heterocycles. The van der Waals surface area contributed by atoms with Gasteiger partial charge in [0.05, 0.1) is 12.8 Å². The summed E-state index contributed by atoms with van der Waals surface area (Å²) < 4.78 is 4.55. The highest BCUT2D eigenvalue weighted by Gasteiger charge is 2.10. The van der Waals surface area contributed by atoms with Crippen molar-refractivity contribution in [2.75, 3.05) is 7.11 Å². The van der Waals surface area contributed by atoms with Crippen LogP contribution in [0, 0.1) is 0 Å². The van der Waals surface area contributed by atoms with Gasteiger partial charge in [0.1, 0.15) is 11.4 Å². The van der Waals surface area contributed by atoms with E-state index in [1.807, 2.05) is 0 Å². The Balaban J connectivity index is 2.31. The van der Waals surface area contributed by atoms with Gasteiger partial charge in [0.2, 0.25) is 0 Å². The van der Waals surface area contributed by atoms with E-state index < -0.39 is 5.97 Å². The molecule has 1 heterocycles. The highest BCUT2D eigenvalue weighted by molar-refractivity contribution is 5.88. The molecule has 16 heavy (non-hydrogen) atoms. The van der Waals surface area contributed by atoms with Crippen molar-refractivity contribution < 1.29 is 14.6 Å². The maximum absolute atomic E-state index is 11.2. The third kappa shape index (κ3) is 1.88. The molecule has 0 atom stereocenters. The first-order chi connectivity index (χ1) is 7.70. The molecule has 5 nitrogen and oxygen atoms in total. The van der Waals surface area contributed by atoms with Crippen LogP contribution < -0.4 is 0 Å². The van der Waals surface area contributed by atoms with E-state index in [1.54, 1.807) is 30.3 Å². The zero-order chi connectivity index (χ0) is 11.5. The fourth-order valence-corrected chi connectivity index (χ4v) is 1.32. The summed E-state index contributed by atoms with van der Waals surface area (Å²) in [4.78, 5) is 11.2. The minimum Gasteiger partial charge on any atom is -0.508 e. The average molecular weight is 218 g/mol. The summed E-state index contributed by atoms with van der Waals surface area (Å²) in [6, 6.07) is 8.14. The van der Waals surface area contributed by atoms with Gasteiger partial charge < -0.3 is 9.84 Å². The summed E-state index contributed by atoms with van der Waals surface area (Å²) in [5.41, 5.74) is 1.73. The van der Waals surface area contributed by atoms with E-state index in [9.17, 15) is 4.79 Å². The van der Waals surface area contributed by atoms with Crippen LogP contribution in [0.2, 0.25) is 0 Å². The number of carbonyl (C=O) groups is 1. The monoisotopic (exact) mass is 218 g/mol. The van der Waals surface area contributed by atoms with Gasteiger partial charge in [0.25, 0.3) is 0 Å². The van der Waals surface area contributed by atoms with Crippen molar-refractivity contribution in [3.05, 3.63) is 36.0 Å². The molecule has 0 radical (unpaired) electrons. The van der Waals surface area contributed by atoms with Crippen LogP contribution in [0.1, 0.15) is 10.5 Å². The fraction of sp³-hybridized carbons (Fsp3) is 0.0909. The van der Waals surface area contributed by atoms with Crippen molar-refractivity contribution in [3.8, 4) is 17.0 Å². The lowest BCUT2D eigenvalue weighted by Gasteiger charge is -1.95. The van der Waals surface area contributed by atoms with Crippen LogP contribution in [0.25, 0.3) is 11.3 Å². The minimum atomic E-state index is -0.461. The molecule has 82 valence electrons. The van der Waals surface area contributed by atoms with E-state index in [4.69, 9.17) is 5.11 Å². The standard InChI is InChI=1S/C11H10N2O3/c1-16-11(15)10-6-9(12-13-10)7-2-4-8(14)5-3-7/h2-6,14H,1H3,(H,12,13). The summed E-state index contributed by atoms with van der Waals surface area (Å²) in [5, 5.41) is 15.7. The molecule has 0 aliphatic heterocycles. The molecular weight excluding hydrogens is 208 g/mol. The number of methoxy groups -OCH3 is 1. The molecule has 2 aromatic rings. The number of carbonyl (C=O) groups excluding carboxylic acids is 1. The van der Waals surface area contributed by atoms with Crippen molar-refractivity contribution in [1.29, 1.82) is 0 Å². The number of hydrogen-bond acceptors (Lipinski definition) is 4. The van der Waals surface area contributed by atoms with Crippen LogP contribution in [-0.4, -0.2) is 28.4 Å². The van der Waals surface area contributed by atoms with Crippen LogP contribution in [-0.2, 0) is 4.74 Å². The van der Waals surface area contributed by atoms with Crippen LogP contribution in [0.15, 0.2) is 30.3 Å². The number of ether oxygens (including phenoxy) is 1. The number of H-pyrrole nitrogens is 1. The number of aromatic amines is 1. The Kier molecular flexibility index (Phi) is 2.59. The highest BCUT2D eigenvalue weighted by Crippen LogP contribution is 2.20. The van der Waals surface area contributed by atoms with Gasteiger partial charge in [-0.05, 0) is 30.3 Å². The van der Waals surface area contributed by atoms with E-state index in [0.717, 1.165) is 5.56 Å². The average Bonchev–Trinajstić information content (AvgIpc) is 2.78. The maximum atomic E-state index is 11.2. The van der Waals surface area contributed by atoms with Crippen molar-refractivity contribution in [2.24, 2.45) is 0 Å². The number of benzene rings is 1. The molecule has 1 aromatic heterocycles. The van der Waals surface area contributed by atoms with Gasteiger partial charge in [-0.3, -0.25) is 5.10 Å². The molecule has 0 fully saturated rings. The lowest BCUT2D eigenvalue weighted by atomic mass is 10.1. The normalized spacial score (nSPS) is 10.1. The van der Waals surface area contributed by atoms with Crippen molar-refractivity contribution in [1.82, 2.24) is 10.2 Å². The summed E-state index contributed by atoms with van der Waals surface area (Å²) >= 11 is 0. The number of nitrogens with one attached hydrogen (secondary N) is 1. The second kappa shape index (κ2) is 4.06. The predicted octanol–water partition coefficient (Wildman–Crippen LogP) is 1.57. The molecule has 0 bridgehead atoms. The van der Waals surface area contributed by atoms with Crippen LogP contribution >= 0.6 is 0 Å². The molecule has 2 rings (SSSR count). The number of nitrogens with zero attached hydrogens (tertiary/aromatic N) is 1. The Morgan fingerprint density at radius 1 is 1.38 bits per heavy atom. The lowest BCUT2D eigenvalue weighted by Crippen LogP contribution is -2.00. The molecule has 2 N–H and O–H groups in total. The number of aromatic hydroxyl groups is 1. The van der Waals surface area contributed by atoms with Gasteiger partial charge in [0, 0.05) is 5.56 Å². The largest absolute Gasteiger partial charge is 0.508 e. The number of phenolic OH excluding ortho intramolecular Hbond substituents is 1. The Bertz CT molecular complexity index is 502. The summed E-state index contributed by atoms with van der Waals surface area (Å²) in [5.74, 6) is -0.273. The Morgan fingerprint density at radius 3 is 2.69 bits per heavy atom. The number of esters is 1. The predicted molar refractivity (Wildman–Crippen MR) is 57.0 cm³/mol. The van der Waals surface area contributed by atoms with Gasteiger partial charge in [-0.1, -0.05) is 0 Å². The first-order valence-corrected chi connectivity index (χ1v) is 4.64. The molecule has 0 aliphatic rings. The Morgan fingerprint density at radius 2 is 2.06 bits per heavy atom. The van der Waals surface area contributed by atoms with Crippen molar-refractivity contribution >= 4 is 5.97 Å². The number of phenols is 1. The van der Waals surface area contributed by atoms with Gasteiger partial charge in [-0.15, -0.1) is 0 Å². The lowest BCUT2D eigenvalue weighted by molar-refractivity contribution is 0.0594. The molecular formula is C11H10N2O3. The van der Waals surface area contributed by atoms with E-state index in [0.29, 0.717) is 11.4 Å².